The van der Waals surface area contributed by atoms with Crippen LogP contribution >= 0.6 is 0 Å². The highest BCUT2D eigenvalue weighted by Gasteiger charge is 2.00. The van der Waals surface area contributed by atoms with Crippen LogP contribution in [0.25, 0.3) is 10.8 Å². The third-order valence-corrected chi connectivity index (χ3v) is 2.05. The Morgan fingerprint density at radius 2 is 1.87 bits per heavy atom. The van der Waals surface area contributed by atoms with Crippen LogP contribution in [-0.4, -0.2) is 5.97 Å². The van der Waals surface area contributed by atoms with Crippen LogP contribution in [0.3, 0.4) is 0 Å². The Balaban J connectivity index is 2.39. The maximum absolute atomic E-state index is 10.9. The molecule has 72 valence electrons. The van der Waals surface area contributed by atoms with Crippen molar-refractivity contribution in [2.75, 3.05) is 0 Å². The Hall–Kier alpha value is -2.27. The molecular formula is C13H8O2. The van der Waals surface area contributed by atoms with E-state index in [0.717, 1.165) is 10.8 Å². The number of hydrogen-bond donors (Lipinski definition) is 0. The average Bonchev–Trinajstić information content (AvgIpc) is 2.29. The zero-order valence-electron chi connectivity index (χ0n) is 7.94. The Morgan fingerprint density at radius 3 is 2.60 bits per heavy atom. The van der Waals surface area contributed by atoms with Gasteiger partial charge < -0.3 is 4.74 Å². The summed E-state index contributed by atoms with van der Waals surface area (Å²) in [6.45, 7) is 0. The molecule has 0 aromatic heterocycles. The van der Waals surface area contributed by atoms with Gasteiger partial charge in [0.05, 0.1) is 0 Å². The molecule has 2 rings (SSSR count). The average molecular weight is 196 g/mol. The number of hydrogen-bond acceptors (Lipinski definition) is 2. The summed E-state index contributed by atoms with van der Waals surface area (Å²) in [5.41, 5.74) is 0. The molecule has 0 unspecified atom stereocenters. The molecule has 0 heterocycles. The number of fused-ring (bicyclic) bond motifs is 1. The smallest absolute Gasteiger partial charge is 0.389 e. The predicted octanol–water partition coefficient (Wildman–Crippen LogP) is 2.38. The van der Waals surface area contributed by atoms with E-state index < -0.39 is 5.97 Å². The maximum Gasteiger partial charge on any atom is 0.389 e. The summed E-state index contributed by atoms with van der Waals surface area (Å²) in [5.74, 6) is 1.69. The largest absolute Gasteiger partial charge is 0.417 e. The SMILES string of the molecule is C#CC(=O)Oc1ccc2ccccc2c1. The molecule has 2 aromatic rings. The molecule has 0 fully saturated rings. The lowest BCUT2D eigenvalue weighted by atomic mass is 10.1. The van der Waals surface area contributed by atoms with Crippen LogP contribution in [-0.2, 0) is 4.79 Å². The molecule has 0 saturated carbocycles. The highest BCUT2D eigenvalue weighted by atomic mass is 16.5. The van der Waals surface area contributed by atoms with E-state index in [-0.39, 0.29) is 0 Å². The van der Waals surface area contributed by atoms with Crippen molar-refractivity contribution in [3.8, 4) is 18.1 Å². The molecule has 0 radical (unpaired) electrons. The molecular weight excluding hydrogens is 188 g/mol. The molecule has 0 atom stereocenters. The van der Waals surface area contributed by atoms with Gasteiger partial charge in [0.1, 0.15) is 5.75 Å². The fraction of sp³-hybridized carbons (Fsp3) is 0. The summed E-state index contributed by atoms with van der Waals surface area (Å²) in [5, 5.41) is 2.11. The van der Waals surface area contributed by atoms with Gasteiger partial charge >= 0.3 is 5.97 Å². The first kappa shape index (κ1) is 9.29. The van der Waals surface area contributed by atoms with Crippen LogP contribution in [0.15, 0.2) is 42.5 Å². The quantitative estimate of drug-likeness (QED) is 0.303. The van der Waals surface area contributed by atoms with E-state index in [4.69, 9.17) is 11.2 Å². The van der Waals surface area contributed by atoms with E-state index >= 15 is 0 Å². The van der Waals surface area contributed by atoms with Crippen molar-refractivity contribution in [2.45, 2.75) is 0 Å². The monoisotopic (exact) mass is 196 g/mol. The van der Waals surface area contributed by atoms with Crippen LogP contribution in [0.4, 0.5) is 0 Å². The van der Waals surface area contributed by atoms with Crippen LogP contribution in [0, 0.1) is 12.3 Å². The zero-order chi connectivity index (χ0) is 10.7. The van der Waals surface area contributed by atoms with Crippen LogP contribution in [0.2, 0.25) is 0 Å². The van der Waals surface area contributed by atoms with Gasteiger partial charge in [-0.05, 0) is 22.9 Å². The van der Waals surface area contributed by atoms with E-state index in [0.29, 0.717) is 5.75 Å². The predicted molar refractivity (Wildman–Crippen MR) is 58.4 cm³/mol. The summed E-state index contributed by atoms with van der Waals surface area (Å²) >= 11 is 0. The lowest BCUT2D eigenvalue weighted by Gasteiger charge is -2.02. The van der Waals surface area contributed by atoms with Gasteiger partial charge in [-0.1, -0.05) is 30.3 Å². The van der Waals surface area contributed by atoms with Gasteiger partial charge in [-0.25, -0.2) is 4.79 Å². The van der Waals surface area contributed by atoms with Crippen molar-refractivity contribution in [2.24, 2.45) is 0 Å². The van der Waals surface area contributed by atoms with Gasteiger partial charge in [0.15, 0.2) is 0 Å². The Labute approximate surface area is 87.5 Å². The minimum absolute atomic E-state index is 0.469. The number of rotatable bonds is 1. The maximum atomic E-state index is 10.9. The molecule has 2 aromatic carbocycles. The third-order valence-electron chi connectivity index (χ3n) is 2.05. The highest BCUT2D eigenvalue weighted by Crippen LogP contribution is 2.20. The van der Waals surface area contributed by atoms with E-state index in [1.54, 1.807) is 12.1 Å². The number of carbonyl (C=O) groups is 1. The molecule has 0 aliphatic heterocycles. The van der Waals surface area contributed by atoms with Crippen LogP contribution in [0.1, 0.15) is 0 Å². The molecule has 0 saturated heterocycles. The van der Waals surface area contributed by atoms with Crippen molar-refractivity contribution in [1.82, 2.24) is 0 Å². The number of ether oxygens (including phenoxy) is 1. The molecule has 0 amide bonds. The topological polar surface area (TPSA) is 26.3 Å². The van der Waals surface area contributed by atoms with E-state index in [1.165, 1.54) is 0 Å². The molecule has 2 heteroatoms. The van der Waals surface area contributed by atoms with Gasteiger partial charge in [-0.2, -0.15) is 0 Å². The second-order valence-electron chi connectivity index (χ2n) is 3.04. The molecule has 0 aliphatic rings. The summed E-state index contributed by atoms with van der Waals surface area (Å²) in [6.07, 6.45) is 4.91. The zero-order valence-corrected chi connectivity index (χ0v) is 7.94. The van der Waals surface area contributed by atoms with Crippen LogP contribution in [0.5, 0.6) is 5.75 Å². The molecule has 0 spiro atoms. The van der Waals surface area contributed by atoms with E-state index in [1.807, 2.05) is 36.3 Å². The number of carbonyl (C=O) groups excluding carboxylic acids is 1. The van der Waals surface area contributed by atoms with Gasteiger partial charge in [-0.3, -0.25) is 0 Å². The van der Waals surface area contributed by atoms with Crippen molar-refractivity contribution >= 4 is 16.7 Å². The van der Waals surface area contributed by atoms with Gasteiger partial charge in [0, 0.05) is 5.92 Å². The van der Waals surface area contributed by atoms with E-state index in [9.17, 15) is 4.79 Å². The minimum atomic E-state index is -0.676. The summed E-state index contributed by atoms with van der Waals surface area (Å²) in [4.78, 5) is 10.9. The number of terminal acetylenes is 1. The Bertz CT molecular complexity index is 550. The molecule has 0 bridgehead atoms. The summed E-state index contributed by atoms with van der Waals surface area (Å²) in [7, 11) is 0. The molecule has 0 N–H and O–H groups in total. The second-order valence-corrected chi connectivity index (χ2v) is 3.04. The van der Waals surface area contributed by atoms with Crippen molar-refractivity contribution in [3.63, 3.8) is 0 Å². The molecule has 2 nitrogen and oxygen atoms in total. The van der Waals surface area contributed by atoms with Gasteiger partial charge in [0.2, 0.25) is 0 Å². The van der Waals surface area contributed by atoms with Crippen LogP contribution < -0.4 is 4.74 Å². The second kappa shape index (κ2) is 3.85. The first-order chi connectivity index (χ1) is 7.29. The molecule has 15 heavy (non-hydrogen) atoms. The van der Waals surface area contributed by atoms with Crippen molar-refractivity contribution in [1.29, 1.82) is 0 Å². The Kier molecular flexibility index (Phi) is 2.38. The first-order valence-corrected chi connectivity index (χ1v) is 4.47. The van der Waals surface area contributed by atoms with E-state index in [2.05, 4.69) is 0 Å². The van der Waals surface area contributed by atoms with Crippen molar-refractivity contribution < 1.29 is 9.53 Å². The first-order valence-electron chi connectivity index (χ1n) is 4.47. The highest BCUT2D eigenvalue weighted by molar-refractivity contribution is 5.90. The Morgan fingerprint density at radius 1 is 1.13 bits per heavy atom. The summed E-state index contributed by atoms with van der Waals surface area (Å²) in [6, 6.07) is 13.2. The fourth-order valence-corrected chi connectivity index (χ4v) is 1.37. The van der Waals surface area contributed by atoms with Gasteiger partial charge in [-0.15, -0.1) is 6.42 Å². The number of esters is 1. The molecule has 0 aliphatic carbocycles. The standard InChI is InChI=1S/C13H8O2/c1-2-13(14)15-12-8-7-10-5-3-4-6-11(10)9-12/h1,3-9H. The summed E-state index contributed by atoms with van der Waals surface area (Å²) < 4.78 is 4.90. The third kappa shape index (κ3) is 1.97. The normalized spacial score (nSPS) is 9.53. The minimum Gasteiger partial charge on any atom is -0.417 e. The van der Waals surface area contributed by atoms with Gasteiger partial charge in [0.25, 0.3) is 0 Å². The fourth-order valence-electron chi connectivity index (χ4n) is 1.37. The lowest BCUT2D eigenvalue weighted by molar-refractivity contribution is -0.128. The number of benzene rings is 2. The lowest BCUT2D eigenvalue weighted by Crippen LogP contribution is -2.03. The van der Waals surface area contributed by atoms with Crippen molar-refractivity contribution in [3.05, 3.63) is 42.5 Å².